The zero-order chi connectivity index (χ0) is 10.1. The van der Waals surface area contributed by atoms with Gasteiger partial charge in [-0.15, -0.1) is 0 Å². The maximum Gasteiger partial charge on any atom is 0.0661 e. The number of nitrogens with two attached hydrogens (primary N) is 1. The molecule has 0 aromatic rings. The summed E-state index contributed by atoms with van der Waals surface area (Å²) in [6.07, 6.45) is 0. The predicted octanol–water partition coefficient (Wildman–Crippen LogP) is 0.833. The summed E-state index contributed by atoms with van der Waals surface area (Å²) in [6.45, 7) is 11.1. The van der Waals surface area contributed by atoms with Crippen molar-refractivity contribution in [2.24, 2.45) is 5.73 Å². The first-order valence-corrected chi connectivity index (χ1v) is 5.07. The molecule has 1 aliphatic rings. The van der Waals surface area contributed by atoms with E-state index < -0.39 is 0 Å². The van der Waals surface area contributed by atoms with Crippen LogP contribution in [0.25, 0.3) is 0 Å². The second-order valence-corrected chi connectivity index (χ2v) is 4.57. The Balaban J connectivity index is 2.80. The minimum atomic E-state index is 0.0197. The van der Waals surface area contributed by atoms with E-state index in [1.807, 2.05) is 0 Å². The molecule has 3 heteroatoms. The van der Waals surface area contributed by atoms with Gasteiger partial charge in [-0.25, -0.2) is 0 Å². The van der Waals surface area contributed by atoms with Crippen molar-refractivity contribution in [1.82, 2.24) is 4.90 Å². The smallest absolute Gasteiger partial charge is 0.0661 e. The van der Waals surface area contributed by atoms with E-state index in [1.165, 1.54) is 0 Å². The third kappa shape index (κ3) is 2.03. The summed E-state index contributed by atoms with van der Waals surface area (Å²) in [5.41, 5.74) is 5.83. The molecule has 13 heavy (non-hydrogen) atoms. The van der Waals surface area contributed by atoms with E-state index in [4.69, 9.17) is 10.5 Å². The molecule has 0 amide bonds. The number of hydrogen-bond donors (Lipinski definition) is 1. The topological polar surface area (TPSA) is 38.5 Å². The molecule has 1 saturated heterocycles. The van der Waals surface area contributed by atoms with Crippen molar-refractivity contribution in [3.63, 3.8) is 0 Å². The second kappa shape index (κ2) is 3.95. The second-order valence-electron chi connectivity index (χ2n) is 4.57. The summed E-state index contributed by atoms with van der Waals surface area (Å²) in [4.78, 5) is 2.47. The molecule has 2 atom stereocenters. The summed E-state index contributed by atoms with van der Waals surface area (Å²) in [5.74, 6) is 0. The van der Waals surface area contributed by atoms with Crippen LogP contribution in [0.15, 0.2) is 0 Å². The summed E-state index contributed by atoms with van der Waals surface area (Å²) >= 11 is 0. The SMILES string of the molecule is CC(C)N1C(C)COCC1(C)CN. The van der Waals surface area contributed by atoms with E-state index in [0.717, 1.165) is 13.2 Å². The van der Waals surface area contributed by atoms with Crippen LogP contribution in [-0.2, 0) is 4.74 Å². The number of nitrogens with zero attached hydrogens (tertiary/aromatic N) is 1. The fourth-order valence-electron chi connectivity index (χ4n) is 2.43. The zero-order valence-electron chi connectivity index (χ0n) is 9.21. The normalized spacial score (nSPS) is 36.9. The standard InChI is InChI=1S/C10H22N2O/c1-8(2)12-9(3)5-13-7-10(12,4)6-11/h8-9H,5-7,11H2,1-4H3. The number of morpholine rings is 1. The van der Waals surface area contributed by atoms with Crippen molar-refractivity contribution in [3.8, 4) is 0 Å². The molecule has 0 radical (unpaired) electrons. The fraction of sp³-hybridized carbons (Fsp3) is 1.00. The third-order valence-corrected chi connectivity index (χ3v) is 2.87. The Labute approximate surface area is 81.2 Å². The molecule has 1 heterocycles. The molecule has 1 aliphatic heterocycles. The van der Waals surface area contributed by atoms with Gasteiger partial charge in [0.05, 0.1) is 18.8 Å². The molecule has 78 valence electrons. The Morgan fingerprint density at radius 3 is 2.62 bits per heavy atom. The highest BCUT2D eigenvalue weighted by atomic mass is 16.5. The van der Waals surface area contributed by atoms with Crippen molar-refractivity contribution < 1.29 is 4.74 Å². The lowest BCUT2D eigenvalue weighted by Crippen LogP contribution is -2.64. The van der Waals surface area contributed by atoms with Gasteiger partial charge in [-0.3, -0.25) is 4.90 Å². The summed E-state index contributed by atoms with van der Waals surface area (Å²) in [6, 6.07) is 1.01. The van der Waals surface area contributed by atoms with Gasteiger partial charge in [0.1, 0.15) is 0 Å². The van der Waals surface area contributed by atoms with E-state index >= 15 is 0 Å². The molecule has 2 unspecified atom stereocenters. The molecule has 1 fully saturated rings. The lowest BCUT2D eigenvalue weighted by molar-refractivity contribution is -0.102. The first kappa shape index (κ1) is 11.0. The predicted molar refractivity (Wildman–Crippen MR) is 54.7 cm³/mol. The maximum atomic E-state index is 5.81. The molecule has 0 spiro atoms. The quantitative estimate of drug-likeness (QED) is 0.694. The van der Waals surface area contributed by atoms with Crippen molar-refractivity contribution >= 4 is 0 Å². The van der Waals surface area contributed by atoms with Crippen LogP contribution in [0.5, 0.6) is 0 Å². The van der Waals surface area contributed by atoms with Gasteiger partial charge < -0.3 is 10.5 Å². The monoisotopic (exact) mass is 186 g/mol. The summed E-state index contributed by atoms with van der Waals surface area (Å²) in [7, 11) is 0. The first-order chi connectivity index (χ1) is 6.01. The minimum Gasteiger partial charge on any atom is -0.378 e. The largest absolute Gasteiger partial charge is 0.378 e. The molecule has 0 saturated carbocycles. The number of hydrogen-bond acceptors (Lipinski definition) is 3. The van der Waals surface area contributed by atoms with Crippen LogP contribution in [-0.4, -0.2) is 42.3 Å². The average Bonchev–Trinajstić information content (AvgIpc) is 2.03. The van der Waals surface area contributed by atoms with Crippen LogP contribution in [0.2, 0.25) is 0 Å². The van der Waals surface area contributed by atoms with E-state index in [1.54, 1.807) is 0 Å². The van der Waals surface area contributed by atoms with Gasteiger partial charge in [0.2, 0.25) is 0 Å². The summed E-state index contributed by atoms with van der Waals surface area (Å²) in [5, 5.41) is 0. The van der Waals surface area contributed by atoms with E-state index in [2.05, 4.69) is 32.6 Å². The number of ether oxygens (including phenoxy) is 1. The van der Waals surface area contributed by atoms with Crippen molar-refractivity contribution in [2.75, 3.05) is 19.8 Å². The maximum absolute atomic E-state index is 5.81. The van der Waals surface area contributed by atoms with Crippen molar-refractivity contribution in [3.05, 3.63) is 0 Å². The van der Waals surface area contributed by atoms with Crippen molar-refractivity contribution in [1.29, 1.82) is 0 Å². The van der Waals surface area contributed by atoms with Crippen LogP contribution in [0, 0.1) is 0 Å². The van der Waals surface area contributed by atoms with Gasteiger partial charge in [0, 0.05) is 18.6 Å². The third-order valence-electron chi connectivity index (χ3n) is 2.87. The van der Waals surface area contributed by atoms with E-state index in [9.17, 15) is 0 Å². The fourth-order valence-corrected chi connectivity index (χ4v) is 2.43. The molecule has 0 aromatic carbocycles. The van der Waals surface area contributed by atoms with Gasteiger partial charge in [-0.1, -0.05) is 0 Å². The summed E-state index contributed by atoms with van der Waals surface area (Å²) < 4.78 is 5.55. The minimum absolute atomic E-state index is 0.0197. The Morgan fingerprint density at radius 2 is 2.23 bits per heavy atom. The Kier molecular flexibility index (Phi) is 3.33. The van der Waals surface area contributed by atoms with Gasteiger partial charge in [0.15, 0.2) is 0 Å². The van der Waals surface area contributed by atoms with Crippen molar-refractivity contribution in [2.45, 2.75) is 45.3 Å². The van der Waals surface area contributed by atoms with Gasteiger partial charge in [-0.05, 0) is 27.7 Å². The highest BCUT2D eigenvalue weighted by molar-refractivity contribution is 4.94. The Hall–Kier alpha value is -0.120. The molecular formula is C10H22N2O. The van der Waals surface area contributed by atoms with Crippen LogP contribution < -0.4 is 5.73 Å². The molecule has 3 nitrogen and oxygen atoms in total. The van der Waals surface area contributed by atoms with E-state index in [-0.39, 0.29) is 5.54 Å². The van der Waals surface area contributed by atoms with Crippen LogP contribution in [0.1, 0.15) is 27.7 Å². The van der Waals surface area contributed by atoms with Gasteiger partial charge in [-0.2, -0.15) is 0 Å². The highest BCUT2D eigenvalue weighted by Crippen LogP contribution is 2.25. The van der Waals surface area contributed by atoms with Crippen LogP contribution in [0.4, 0.5) is 0 Å². The van der Waals surface area contributed by atoms with Gasteiger partial charge >= 0.3 is 0 Å². The van der Waals surface area contributed by atoms with E-state index in [0.29, 0.717) is 18.6 Å². The lowest BCUT2D eigenvalue weighted by Gasteiger charge is -2.50. The van der Waals surface area contributed by atoms with Crippen LogP contribution in [0.3, 0.4) is 0 Å². The molecule has 0 bridgehead atoms. The van der Waals surface area contributed by atoms with Crippen LogP contribution >= 0.6 is 0 Å². The zero-order valence-corrected chi connectivity index (χ0v) is 9.21. The van der Waals surface area contributed by atoms with Gasteiger partial charge in [0.25, 0.3) is 0 Å². The molecular weight excluding hydrogens is 164 g/mol. The Bertz CT molecular complexity index is 172. The molecule has 0 aliphatic carbocycles. The molecule has 0 aromatic heterocycles. The first-order valence-electron chi connectivity index (χ1n) is 5.07. The Morgan fingerprint density at radius 1 is 1.62 bits per heavy atom. The molecule has 1 rings (SSSR count). The lowest BCUT2D eigenvalue weighted by atomic mass is 9.95. The highest BCUT2D eigenvalue weighted by Gasteiger charge is 2.39. The molecule has 2 N–H and O–H groups in total. The number of rotatable bonds is 2. The average molecular weight is 186 g/mol.